The molecule has 0 aromatic heterocycles. The molecule has 0 saturated carbocycles. The fraction of sp³-hybridized carbons (Fsp3) is 0.467. The van der Waals surface area contributed by atoms with Crippen molar-refractivity contribution in [1.82, 2.24) is 0 Å². The first kappa shape index (κ1) is 12.0. The van der Waals surface area contributed by atoms with E-state index < -0.39 is 0 Å². The van der Waals surface area contributed by atoms with Gasteiger partial charge >= 0.3 is 0 Å². The lowest BCUT2D eigenvalue weighted by atomic mass is 9.84. The van der Waals surface area contributed by atoms with Crippen molar-refractivity contribution in [2.75, 3.05) is 0 Å². The molecular weight excluding hydrogens is 180 g/mol. The molecular formula is C15H22. The predicted octanol–water partition coefficient (Wildman–Crippen LogP) is 4.70. The molecule has 0 fully saturated rings. The van der Waals surface area contributed by atoms with E-state index in [1.807, 2.05) is 6.08 Å². The molecule has 0 heterocycles. The second-order valence-corrected chi connectivity index (χ2v) is 4.96. The number of benzene rings is 1. The maximum absolute atomic E-state index is 3.76. The van der Waals surface area contributed by atoms with Crippen LogP contribution in [0.15, 0.2) is 30.8 Å². The Kier molecular flexibility index (Phi) is 4.14. The molecule has 0 nitrogen and oxygen atoms in total. The Balaban J connectivity index is 2.54. The lowest BCUT2D eigenvalue weighted by molar-refractivity contribution is 0.322. The second-order valence-electron chi connectivity index (χ2n) is 4.96. The Morgan fingerprint density at radius 2 is 1.80 bits per heavy atom. The third-order valence-electron chi connectivity index (χ3n) is 3.26. The van der Waals surface area contributed by atoms with Crippen molar-refractivity contribution in [3.8, 4) is 0 Å². The number of aryl methyl sites for hydroxylation is 1. The smallest absolute Gasteiger partial charge is 0.0262 e. The molecule has 0 saturated heterocycles. The van der Waals surface area contributed by atoms with E-state index in [9.17, 15) is 0 Å². The summed E-state index contributed by atoms with van der Waals surface area (Å²) in [5.74, 6) is 0. The van der Waals surface area contributed by atoms with Gasteiger partial charge in [-0.15, -0.1) is 0 Å². The van der Waals surface area contributed by atoms with Gasteiger partial charge in [-0.3, -0.25) is 0 Å². The van der Waals surface area contributed by atoms with Crippen LogP contribution in [0.5, 0.6) is 0 Å². The molecule has 0 amide bonds. The Labute approximate surface area is 94.0 Å². The Bertz CT molecular complexity index is 303. The van der Waals surface area contributed by atoms with E-state index in [1.54, 1.807) is 0 Å². The van der Waals surface area contributed by atoms with Gasteiger partial charge in [-0.1, -0.05) is 64.1 Å². The largest absolute Gasteiger partial charge is 0.0985 e. The molecule has 1 rings (SSSR count). The average molecular weight is 202 g/mol. The first-order valence-electron chi connectivity index (χ1n) is 5.79. The standard InChI is InChI=1S/C15H22/c1-5-13-7-9-14(10-8-13)11-12-15(3,4)6-2/h5,7-10H,1,6,11-12H2,2-4H3. The van der Waals surface area contributed by atoms with Crippen LogP contribution in [0, 0.1) is 5.41 Å². The first-order chi connectivity index (χ1) is 7.07. The van der Waals surface area contributed by atoms with Crippen LogP contribution in [0.25, 0.3) is 6.08 Å². The van der Waals surface area contributed by atoms with Gasteiger partial charge in [-0.25, -0.2) is 0 Å². The molecule has 1 aromatic carbocycles. The van der Waals surface area contributed by atoms with Crippen LogP contribution in [0.3, 0.4) is 0 Å². The van der Waals surface area contributed by atoms with Gasteiger partial charge in [0.2, 0.25) is 0 Å². The van der Waals surface area contributed by atoms with Crippen LogP contribution in [0.2, 0.25) is 0 Å². The molecule has 0 unspecified atom stereocenters. The van der Waals surface area contributed by atoms with Crippen LogP contribution in [0.1, 0.15) is 44.7 Å². The fourth-order valence-corrected chi connectivity index (χ4v) is 1.48. The summed E-state index contributed by atoms with van der Waals surface area (Å²) < 4.78 is 0. The van der Waals surface area contributed by atoms with E-state index >= 15 is 0 Å². The summed E-state index contributed by atoms with van der Waals surface area (Å²) in [6.07, 6.45) is 5.58. The van der Waals surface area contributed by atoms with Crippen molar-refractivity contribution in [2.45, 2.75) is 40.0 Å². The van der Waals surface area contributed by atoms with Crippen molar-refractivity contribution >= 4 is 6.08 Å². The van der Waals surface area contributed by atoms with Crippen LogP contribution in [0.4, 0.5) is 0 Å². The van der Waals surface area contributed by atoms with E-state index in [0.29, 0.717) is 5.41 Å². The molecule has 15 heavy (non-hydrogen) atoms. The SMILES string of the molecule is C=Cc1ccc(CCC(C)(C)CC)cc1. The Hall–Kier alpha value is -1.04. The normalized spacial score (nSPS) is 11.4. The van der Waals surface area contributed by atoms with Gasteiger partial charge in [0.25, 0.3) is 0 Å². The fourth-order valence-electron chi connectivity index (χ4n) is 1.48. The average Bonchev–Trinajstić information content (AvgIpc) is 2.27. The van der Waals surface area contributed by atoms with E-state index in [-0.39, 0.29) is 0 Å². The molecule has 0 N–H and O–H groups in total. The van der Waals surface area contributed by atoms with Crippen LogP contribution >= 0.6 is 0 Å². The lowest BCUT2D eigenvalue weighted by Crippen LogP contribution is -2.10. The molecule has 0 atom stereocenters. The van der Waals surface area contributed by atoms with Crippen molar-refractivity contribution in [3.63, 3.8) is 0 Å². The minimum Gasteiger partial charge on any atom is -0.0985 e. The number of rotatable bonds is 5. The summed E-state index contributed by atoms with van der Waals surface area (Å²) >= 11 is 0. The van der Waals surface area contributed by atoms with Gasteiger partial charge in [0, 0.05) is 0 Å². The first-order valence-corrected chi connectivity index (χ1v) is 5.79. The molecule has 0 heteroatoms. The zero-order valence-corrected chi connectivity index (χ0v) is 10.2. The summed E-state index contributed by atoms with van der Waals surface area (Å²) in [5.41, 5.74) is 3.10. The zero-order valence-electron chi connectivity index (χ0n) is 10.2. The van der Waals surface area contributed by atoms with Crippen LogP contribution in [-0.2, 0) is 6.42 Å². The van der Waals surface area contributed by atoms with Crippen molar-refractivity contribution in [2.24, 2.45) is 5.41 Å². The van der Waals surface area contributed by atoms with E-state index in [1.165, 1.54) is 30.4 Å². The minimum absolute atomic E-state index is 0.469. The third-order valence-corrected chi connectivity index (χ3v) is 3.26. The Morgan fingerprint density at radius 1 is 1.20 bits per heavy atom. The molecule has 0 radical (unpaired) electrons. The molecule has 0 aliphatic rings. The summed E-state index contributed by atoms with van der Waals surface area (Å²) in [6.45, 7) is 10.7. The maximum atomic E-state index is 3.76. The molecule has 0 spiro atoms. The van der Waals surface area contributed by atoms with Crippen LogP contribution in [-0.4, -0.2) is 0 Å². The van der Waals surface area contributed by atoms with Crippen molar-refractivity contribution < 1.29 is 0 Å². The summed E-state index contributed by atoms with van der Waals surface area (Å²) in [6, 6.07) is 8.70. The lowest BCUT2D eigenvalue weighted by Gasteiger charge is -2.22. The van der Waals surface area contributed by atoms with Crippen LogP contribution < -0.4 is 0 Å². The molecule has 0 aliphatic heterocycles. The van der Waals surface area contributed by atoms with Crippen molar-refractivity contribution in [3.05, 3.63) is 42.0 Å². The molecule has 0 aliphatic carbocycles. The summed E-state index contributed by atoms with van der Waals surface area (Å²) in [5, 5.41) is 0. The zero-order chi connectivity index (χ0) is 11.3. The highest BCUT2D eigenvalue weighted by molar-refractivity contribution is 5.47. The summed E-state index contributed by atoms with van der Waals surface area (Å²) in [7, 11) is 0. The van der Waals surface area contributed by atoms with E-state index in [4.69, 9.17) is 0 Å². The van der Waals surface area contributed by atoms with Gasteiger partial charge in [0.05, 0.1) is 0 Å². The third kappa shape index (κ3) is 3.91. The van der Waals surface area contributed by atoms with Gasteiger partial charge in [0.1, 0.15) is 0 Å². The van der Waals surface area contributed by atoms with E-state index in [2.05, 4.69) is 51.6 Å². The molecule has 0 bridgehead atoms. The highest BCUT2D eigenvalue weighted by atomic mass is 14.2. The highest BCUT2D eigenvalue weighted by Gasteiger charge is 2.14. The van der Waals surface area contributed by atoms with Gasteiger partial charge in [-0.2, -0.15) is 0 Å². The Morgan fingerprint density at radius 3 is 2.27 bits per heavy atom. The molecule has 1 aromatic rings. The summed E-state index contributed by atoms with van der Waals surface area (Å²) in [4.78, 5) is 0. The van der Waals surface area contributed by atoms with Gasteiger partial charge in [0.15, 0.2) is 0 Å². The van der Waals surface area contributed by atoms with Crippen molar-refractivity contribution in [1.29, 1.82) is 0 Å². The second kappa shape index (κ2) is 5.16. The van der Waals surface area contributed by atoms with Gasteiger partial charge in [-0.05, 0) is 29.4 Å². The minimum atomic E-state index is 0.469. The predicted molar refractivity (Wildman–Crippen MR) is 68.9 cm³/mol. The number of hydrogen-bond donors (Lipinski definition) is 0. The monoisotopic (exact) mass is 202 g/mol. The quantitative estimate of drug-likeness (QED) is 0.649. The molecule has 82 valence electrons. The maximum Gasteiger partial charge on any atom is -0.0262 e. The topological polar surface area (TPSA) is 0 Å². The van der Waals surface area contributed by atoms with Gasteiger partial charge < -0.3 is 0 Å². The highest BCUT2D eigenvalue weighted by Crippen LogP contribution is 2.26. The van der Waals surface area contributed by atoms with E-state index in [0.717, 1.165) is 0 Å². The number of hydrogen-bond acceptors (Lipinski definition) is 0.